The molecule has 0 saturated carbocycles. The lowest BCUT2D eigenvalue weighted by Crippen LogP contribution is -2.14. The fraction of sp³-hybridized carbons (Fsp3) is 0.0345. The predicted molar refractivity (Wildman–Crippen MR) is 129 cm³/mol. The summed E-state index contributed by atoms with van der Waals surface area (Å²) in [6, 6.07) is 30.6. The molecule has 0 spiro atoms. The smallest absolute Gasteiger partial charge is 0.255 e. The number of nitrogens with one attached hydrogen (secondary N) is 1. The normalized spacial score (nSPS) is 12.0. The molecule has 1 aliphatic rings. The molecule has 0 unspecified atom stereocenters. The molecule has 0 aliphatic heterocycles. The molecule has 1 amide bonds. The van der Waals surface area contributed by atoms with Gasteiger partial charge in [-0.05, 0) is 59.5 Å². The molecule has 0 fully saturated rings. The van der Waals surface area contributed by atoms with E-state index in [1.54, 1.807) is 0 Å². The van der Waals surface area contributed by atoms with E-state index in [0.29, 0.717) is 16.7 Å². The molecule has 3 heteroatoms. The highest BCUT2D eigenvalue weighted by Crippen LogP contribution is 2.37. The van der Waals surface area contributed by atoms with E-state index < -0.39 is 0 Å². The van der Waals surface area contributed by atoms with Crippen molar-refractivity contribution in [2.45, 2.75) is 6.92 Å². The van der Waals surface area contributed by atoms with Crippen LogP contribution in [-0.2, 0) is 0 Å². The second-order valence-corrected chi connectivity index (χ2v) is 7.92. The summed E-state index contributed by atoms with van der Waals surface area (Å²) in [5.41, 5.74) is 7.66. The standard InChI is InChI=1S/C29H21NO2/c1-19-13-15-21(16-14-19)29(32)30-22-8-6-7-20(17-22)18-27-23-9-2-4-11-25(23)28(31)26-12-5-3-10-24(26)27/h2-18H,1H3,(H,30,32). The van der Waals surface area contributed by atoms with Crippen molar-refractivity contribution in [1.29, 1.82) is 0 Å². The number of carbonyl (C=O) groups excluding carboxylic acids is 2. The Hall–Kier alpha value is -4.24. The van der Waals surface area contributed by atoms with Gasteiger partial charge in [-0.2, -0.15) is 0 Å². The van der Waals surface area contributed by atoms with Crippen molar-refractivity contribution in [3.8, 4) is 0 Å². The van der Waals surface area contributed by atoms with E-state index in [2.05, 4.69) is 11.4 Å². The topological polar surface area (TPSA) is 46.2 Å². The van der Waals surface area contributed by atoms with Gasteiger partial charge in [0.15, 0.2) is 5.78 Å². The number of ketones is 1. The molecular weight excluding hydrogens is 394 g/mol. The van der Waals surface area contributed by atoms with Gasteiger partial charge in [0.1, 0.15) is 0 Å². The Kier molecular flexibility index (Phi) is 5.00. The molecule has 5 rings (SSSR count). The second-order valence-electron chi connectivity index (χ2n) is 7.92. The first-order chi connectivity index (χ1) is 15.6. The third-order valence-electron chi connectivity index (χ3n) is 5.69. The largest absolute Gasteiger partial charge is 0.322 e. The molecule has 0 radical (unpaired) electrons. The number of fused-ring (bicyclic) bond motifs is 2. The molecule has 154 valence electrons. The van der Waals surface area contributed by atoms with Crippen LogP contribution in [0.25, 0.3) is 11.6 Å². The Bertz CT molecular complexity index is 1330. The summed E-state index contributed by atoms with van der Waals surface area (Å²) in [6.45, 7) is 1.99. The van der Waals surface area contributed by atoms with Gasteiger partial charge in [0.25, 0.3) is 5.91 Å². The zero-order valence-corrected chi connectivity index (χ0v) is 17.6. The van der Waals surface area contributed by atoms with Crippen LogP contribution in [-0.4, -0.2) is 11.7 Å². The van der Waals surface area contributed by atoms with Crippen molar-refractivity contribution >= 4 is 29.0 Å². The molecule has 1 aliphatic carbocycles. The first-order valence-electron chi connectivity index (χ1n) is 10.5. The summed E-state index contributed by atoms with van der Waals surface area (Å²) >= 11 is 0. The van der Waals surface area contributed by atoms with Crippen molar-refractivity contribution < 1.29 is 9.59 Å². The van der Waals surface area contributed by atoms with Crippen molar-refractivity contribution in [3.63, 3.8) is 0 Å². The number of carbonyl (C=O) groups is 2. The van der Waals surface area contributed by atoms with E-state index in [1.807, 2.05) is 104 Å². The van der Waals surface area contributed by atoms with E-state index >= 15 is 0 Å². The van der Waals surface area contributed by atoms with E-state index in [4.69, 9.17) is 0 Å². The van der Waals surface area contributed by atoms with Gasteiger partial charge in [-0.15, -0.1) is 0 Å². The summed E-state index contributed by atoms with van der Waals surface area (Å²) < 4.78 is 0. The van der Waals surface area contributed by atoms with Crippen molar-refractivity contribution in [1.82, 2.24) is 0 Å². The van der Waals surface area contributed by atoms with Crippen LogP contribution in [0.2, 0.25) is 0 Å². The molecule has 0 bridgehead atoms. The Morgan fingerprint density at radius 3 is 1.94 bits per heavy atom. The van der Waals surface area contributed by atoms with Crippen LogP contribution in [0.5, 0.6) is 0 Å². The molecule has 0 heterocycles. The first kappa shape index (κ1) is 19.7. The van der Waals surface area contributed by atoms with Crippen LogP contribution in [0, 0.1) is 6.92 Å². The van der Waals surface area contributed by atoms with Crippen LogP contribution in [0.4, 0.5) is 5.69 Å². The van der Waals surface area contributed by atoms with Gasteiger partial charge in [0.2, 0.25) is 0 Å². The molecule has 4 aromatic rings. The second kappa shape index (κ2) is 8.12. The maximum Gasteiger partial charge on any atom is 0.255 e. The minimum absolute atomic E-state index is 0.0486. The molecule has 0 saturated heterocycles. The number of benzene rings is 4. The maximum atomic E-state index is 13.0. The molecular formula is C29H21NO2. The lowest BCUT2D eigenvalue weighted by molar-refractivity contribution is 0.102. The monoisotopic (exact) mass is 415 g/mol. The number of amides is 1. The minimum Gasteiger partial charge on any atom is -0.322 e. The maximum absolute atomic E-state index is 13.0. The fourth-order valence-corrected chi connectivity index (χ4v) is 4.06. The van der Waals surface area contributed by atoms with Crippen LogP contribution < -0.4 is 5.32 Å². The zero-order valence-electron chi connectivity index (χ0n) is 17.6. The lowest BCUT2D eigenvalue weighted by atomic mass is 9.81. The fourth-order valence-electron chi connectivity index (χ4n) is 4.06. The summed E-state index contributed by atoms with van der Waals surface area (Å²) in [7, 11) is 0. The molecule has 3 nitrogen and oxygen atoms in total. The first-order valence-corrected chi connectivity index (χ1v) is 10.5. The molecule has 0 atom stereocenters. The van der Waals surface area contributed by atoms with Crippen LogP contribution in [0.3, 0.4) is 0 Å². The SMILES string of the molecule is Cc1ccc(C(=O)Nc2cccc(C=C3c4ccccc4C(=O)c4ccccc43)c2)cc1. The molecule has 0 aromatic heterocycles. The number of anilines is 1. The summed E-state index contributed by atoms with van der Waals surface area (Å²) in [4.78, 5) is 25.6. The Labute approximate surface area is 187 Å². The van der Waals surface area contributed by atoms with Crippen molar-refractivity contribution in [2.75, 3.05) is 5.32 Å². The van der Waals surface area contributed by atoms with E-state index in [9.17, 15) is 9.59 Å². The average Bonchev–Trinajstić information content (AvgIpc) is 2.82. The lowest BCUT2D eigenvalue weighted by Gasteiger charge is -2.21. The number of hydrogen-bond donors (Lipinski definition) is 1. The van der Waals surface area contributed by atoms with Gasteiger partial charge in [-0.1, -0.05) is 78.4 Å². The van der Waals surface area contributed by atoms with E-state index in [1.165, 1.54) is 0 Å². The average molecular weight is 415 g/mol. The predicted octanol–water partition coefficient (Wildman–Crippen LogP) is 6.38. The van der Waals surface area contributed by atoms with Crippen molar-refractivity contribution in [3.05, 3.63) is 136 Å². The van der Waals surface area contributed by atoms with Gasteiger partial charge in [-0.25, -0.2) is 0 Å². The van der Waals surface area contributed by atoms with Gasteiger partial charge < -0.3 is 5.32 Å². The number of rotatable bonds is 3. The van der Waals surface area contributed by atoms with E-state index in [0.717, 1.165) is 33.5 Å². The molecule has 4 aromatic carbocycles. The van der Waals surface area contributed by atoms with Crippen LogP contribution in [0.15, 0.2) is 97.1 Å². The van der Waals surface area contributed by atoms with Crippen LogP contribution in [0.1, 0.15) is 48.5 Å². The summed E-state index contributed by atoms with van der Waals surface area (Å²) in [5.74, 6) is -0.0961. The van der Waals surface area contributed by atoms with E-state index in [-0.39, 0.29) is 11.7 Å². The summed E-state index contributed by atoms with van der Waals surface area (Å²) in [6.07, 6.45) is 2.08. The molecule has 1 N–H and O–H groups in total. The third-order valence-corrected chi connectivity index (χ3v) is 5.69. The minimum atomic E-state index is -0.145. The van der Waals surface area contributed by atoms with Gasteiger partial charge in [-0.3, -0.25) is 9.59 Å². The highest BCUT2D eigenvalue weighted by molar-refractivity contribution is 6.20. The third kappa shape index (κ3) is 3.65. The van der Waals surface area contributed by atoms with Gasteiger partial charge in [0.05, 0.1) is 0 Å². The number of hydrogen-bond acceptors (Lipinski definition) is 2. The molecule has 32 heavy (non-hydrogen) atoms. The quantitative estimate of drug-likeness (QED) is 0.372. The number of aryl methyl sites for hydroxylation is 1. The Morgan fingerprint density at radius 2 is 1.31 bits per heavy atom. The van der Waals surface area contributed by atoms with Crippen LogP contribution >= 0.6 is 0 Å². The van der Waals surface area contributed by atoms with Crippen molar-refractivity contribution in [2.24, 2.45) is 0 Å². The summed E-state index contributed by atoms with van der Waals surface area (Å²) in [5, 5.41) is 2.98. The van der Waals surface area contributed by atoms with Gasteiger partial charge >= 0.3 is 0 Å². The van der Waals surface area contributed by atoms with Gasteiger partial charge in [0, 0.05) is 22.4 Å². The highest BCUT2D eigenvalue weighted by Gasteiger charge is 2.26. The Balaban J connectivity index is 1.52. The highest BCUT2D eigenvalue weighted by atomic mass is 16.1. The Morgan fingerprint density at radius 1 is 0.719 bits per heavy atom. The zero-order chi connectivity index (χ0) is 22.1.